The first kappa shape index (κ1) is 12.8. The van der Waals surface area contributed by atoms with Gasteiger partial charge in [0.25, 0.3) is 0 Å². The first-order chi connectivity index (χ1) is 5.56. The van der Waals surface area contributed by atoms with Crippen molar-refractivity contribution in [3.63, 3.8) is 0 Å². The number of nitrogens with zero attached hydrogens (tertiary/aromatic N) is 1. The van der Waals surface area contributed by atoms with Gasteiger partial charge in [0.15, 0.2) is 0 Å². The van der Waals surface area contributed by atoms with Gasteiger partial charge in [-0.25, -0.2) is 0 Å². The minimum Gasteiger partial charge on any atom is -0.299 e. The van der Waals surface area contributed by atoms with Crippen molar-refractivity contribution in [1.29, 1.82) is 0 Å². The first-order valence-electron chi connectivity index (χ1n) is 4.12. The van der Waals surface area contributed by atoms with E-state index < -0.39 is 0 Å². The minimum absolute atomic E-state index is 0.156. The third-order valence-electron chi connectivity index (χ3n) is 1.42. The van der Waals surface area contributed by atoms with Gasteiger partial charge in [-0.05, 0) is 13.8 Å². The van der Waals surface area contributed by atoms with Crippen LogP contribution in [0.5, 0.6) is 0 Å². The maximum Gasteiger partial charge on any atom is 0.0435 e. The molecule has 0 heterocycles. The van der Waals surface area contributed by atoms with Gasteiger partial charge in [-0.2, -0.15) is 0 Å². The lowest BCUT2D eigenvalue weighted by molar-refractivity contribution is 0.295. The van der Waals surface area contributed by atoms with E-state index in [2.05, 4.69) is 4.90 Å². The Balaban J connectivity index is 3.69. The number of alkyl halides is 3. The molecule has 0 fully saturated rings. The maximum atomic E-state index is 5.86. The highest BCUT2D eigenvalue weighted by atomic mass is 35.5. The molecule has 0 aliphatic carbocycles. The molecule has 0 aromatic heterocycles. The number of hydrogen-bond acceptors (Lipinski definition) is 1. The predicted octanol–water partition coefficient (Wildman–Crippen LogP) is 2.78. The molecule has 0 N–H and O–H groups in total. The van der Waals surface area contributed by atoms with Crippen LogP contribution >= 0.6 is 34.8 Å². The Morgan fingerprint density at radius 1 is 1.08 bits per heavy atom. The molecule has 0 aliphatic heterocycles. The fourth-order valence-corrected chi connectivity index (χ4v) is 1.72. The number of hydrogen-bond donors (Lipinski definition) is 0. The molecule has 0 rings (SSSR count). The Morgan fingerprint density at radius 2 is 1.50 bits per heavy atom. The van der Waals surface area contributed by atoms with Crippen molar-refractivity contribution in [2.75, 3.05) is 25.5 Å². The number of rotatable bonds is 6. The van der Waals surface area contributed by atoms with Crippen molar-refractivity contribution in [3.8, 4) is 0 Å². The van der Waals surface area contributed by atoms with Gasteiger partial charge in [-0.15, -0.1) is 34.8 Å². The quantitative estimate of drug-likeness (QED) is 0.637. The van der Waals surface area contributed by atoms with Gasteiger partial charge in [0.2, 0.25) is 0 Å². The van der Waals surface area contributed by atoms with E-state index in [4.69, 9.17) is 34.8 Å². The SMILES string of the molecule is CC(Cl)CN(CCCl)CC(C)Cl. The second kappa shape index (κ2) is 7.25. The highest BCUT2D eigenvalue weighted by molar-refractivity contribution is 6.21. The summed E-state index contributed by atoms with van der Waals surface area (Å²) < 4.78 is 0. The Morgan fingerprint density at radius 3 is 1.75 bits per heavy atom. The Hall–Kier alpha value is 0.830. The van der Waals surface area contributed by atoms with Crippen LogP contribution in [0.1, 0.15) is 13.8 Å². The van der Waals surface area contributed by atoms with E-state index in [9.17, 15) is 0 Å². The van der Waals surface area contributed by atoms with Gasteiger partial charge in [-0.3, -0.25) is 4.90 Å². The van der Waals surface area contributed by atoms with Crippen LogP contribution in [-0.4, -0.2) is 41.2 Å². The van der Waals surface area contributed by atoms with Crippen molar-refractivity contribution in [2.45, 2.75) is 24.6 Å². The van der Waals surface area contributed by atoms with Crippen molar-refractivity contribution in [3.05, 3.63) is 0 Å². The normalized spacial score (nSPS) is 16.5. The van der Waals surface area contributed by atoms with Gasteiger partial charge in [0.1, 0.15) is 0 Å². The molecule has 4 heteroatoms. The Kier molecular flexibility index (Phi) is 7.76. The Bertz CT molecular complexity index is 96.5. The smallest absolute Gasteiger partial charge is 0.0435 e. The summed E-state index contributed by atoms with van der Waals surface area (Å²) in [5.41, 5.74) is 0. The lowest BCUT2D eigenvalue weighted by Crippen LogP contribution is -2.34. The van der Waals surface area contributed by atoms with Crippen LogP contribution in [0.3, 0.4) is 0 Å². The summed E-state index contributed by atoms with van der Waals surface area (Å²) in [6, 6.07) is 0. The summed E-state index contributed by atoms with van der Waals surface area (Å²) in [6.07, 6.45) is 0. The molecule has 2 atom stereocenters. The molecule has 74 valence electrons. The van der Waals surface area contributed by atoms with Crippen molar-refractivity contribution >= 4 is 34.8 Å². The predicted molar refractivity (Wildman–Crippen MR) is 57.8 cm³/mol. The molecule has 2 unspecified atom stereocenters. The van der Waals surface area contributed by atoms with Crippen molar-refractivity contribution in [2.24, 2.45) is 0 Å². The lowest BCUT2D eigenvalue weighted by Gasteiger charge is -2.23. The van der Waals surface area contributed by atoms with Crippen LogP contribution in [0.4, 0.5) is 0 Å². The van der Waals surface area contributed by atoms with Crippen LogP contribution in [0.15, 0.2) is 0 Å². The van der Waals surface area contributed by atoms with Crippen LogP contribution < -0.4 is 0 Å². The molecule has 0 radical (unpaired) electrons. The highest BCUT2D eigenvalue weighted by Crippen LogP contribution is 2.03. The standard InChI is InChI=1S/C8H16Cl3N/c1-7(10)5-12(4-3-9)6-8(2)11/h7-8H,3-6H2,1-2H3. The first-order valence-corrected chi connectivity index (χ1v) is 5.53. The van der Waals surface area contributed by atoms with E-state index in [0.717, 1.165) is 19.6 Å². The van der Waals surface area contributed by atoms with Gasteiger partial charge in [0.05, 0.1) is 0 Å². The zero-order valence-electron chi connectivity index (χ0n) is 7.56. The molecule has 0 saturated carbocycles. The summed E-state index contributed by atoms with van der Waals surface area (Å²) in [7, 11) is 0. The van der Waals surface area contributed by atoms with Gasteiger partial charge >= 0.3 is 0 Å². The molecule has 0 aromatic rings. The third kappa shape index (κ3) is 7.48. The molecule has 12 heavy (non-hydrogen) atoms. The molecule has 0 saturated heterocycles. The summed E-state index contributed by atoms with van der Waals surface area (Å²) in [5, 5.41) is 0.312. The van der Waals surface area contributed by atoms with E-state index in [1.807, 2.05) is 13.8 Å². The second-order valence-electron chi connectivity index (χ2n) is 3.01. The molecule has 0 spiro atoms. The van der Waals surface area contributed by atoms with Crippen LogP contribution in [-0.2, 0) is 0 Å². The van der Waals surface area contributed by atoms with E-state index in [-0.39, 0.29) is 10.8 Å². The average Bonchev–Trinajstić information content (AvgIpc) is 1.84. The van der Waals surface area contributed by atoms with Crippen molar-refractivity contribution < 1.29 is 0 Å². The zero-order chi connectivity index (χ0) is 9.56. The molecule has 0 amide bonds. The van der Waals surface area contributed by atoms with Gasteiger partial charge in [-0.1, -0.05) is 0 Å². The number of halogens is 3. The summed E-state index contributed by atoms with van der Waals surface area (Å²) in [6.45, 7) is 6.51. The van der Waals surface area contributed by atoms with E-state index in [1.54, 1.807) is 0 Å². The molecule has 1 nitrogen and oxygen atoms in total. The van der Waals surface area contributed by atoms with Gasteiger partial charge < -0.3 is 0 Å². The van der Waals surface area contributed by atoms with Crippen molar-refractivity contribution in [1.82, 2.24) is 4.90 Å². The Labute approximate surface area is 90.0 Å². The zero-order valence-corrected chi connectivity index (χ0v) is 9.83. The topological polar surface area (TPSA) is 3.24 Å². The average molecular weight is 233 g/mol. The molecular weight excluding hydrogens is 216 g/mol. The minimum atomic E-state index is 0.156. The molecule has 0 aliphatic rings. The fourth-order valence-electron chi connectivity index (χ4n) is 1.09. The maximum absolute atomic E-state index is 5.86. The van der Waals surface area contributed by atoms with E-state index in [0.29, 0.717) is 5.88 Å². The van der Waals surface area contributed by atoms with Crippen LogP contribution in [0, 0.1) is 0 Å². The molecular formula is C8H16Cl3N. The van der Waals surface area contributed by atoms with Gasteiger partial charge in [0, 0.05) is 36.3 Å². The highest BCUT2D eigenvalue weighted by Gasteiger charge is 2.09. The summed E-state index contributed by atoms with van der Waals surface area (Å²) in [4.78, 5) is 2.18. The van der Waals surface area contributed by atoms with E-state index in [1.165, 1.54) is 0 Å². The van der Waals surface area contributed by atoms with Crippen LogP contribution in [0.25, 0.3) is 0 Å². The third-order valence-corrected chi connectivity index (χ3v) is 1.87. The van der Waals surface area contributed by atoms with Crippen LogP contribution in [0.2, 0.25) is 0 Å². The molecule has 0 aromatic carbocycles. The summed E-state index contributed by atoms with van der Waals surface area (Å²) in [5.74, 6) is 0.632. The fraction of sp³-hybridized carbons (Fsp3) is 1.00. The largest absolute Gasteiger partial charge is 0.299 e. The van der Waals surface area contributed by atoms with E-state index >= 15 is 0 Å². The molecule has 0 bridgehead atoms. The summed E-state index contributed by atoms with van der Waals surface area (Å²) >= 11 is 17.4. The lowest BCUT2D eigenvalue weighted by atomic mass is 10.3. The monoisotopic (exact) mass is 231 g/mol. The second-order valence-corrected chi connectivity index (χ2v) is 4.88.